The predicted molar refractivity (Wildman–Crippen MR) is 73.2 cm³/mol. The minimum atomic E-state index is -0.630. The van der Waals surface area contributed by atoms with Gasteiger partial charge in [0, 0.05) is 0 Å². The zero-order valence-corrected chi connectivity index (χ0v) is 11.2. The number of aliphatic hydroxyl groups is 1. The summed E-state index contributed by atoms with van der Waals surface area (Å²) in [6, 6.07) is 11.3. The molecule has 4 nitrogen and oxygen atoms in total. The van der Waals surface area contributed by atoms with Gasteiger partial charge >= 0.3 is 0 Å². The van der Waals surface area contributed by atoms with Crippen molar-refractivity contribution >= 4 is 5.91 Å². The number of nitriles is 1. The molecule has 0 aliphatic rings. The van der Waals surface area contributed by atoms with Crippen molar-refractivity contribution in [2.24, 2.45) is 5.92 Å². The molecule has 0 aliphatic carbocycles. The van der Waals surface area contributed by atoms with Gasteiger partial charge in [0.2, 0.25) is 5.91 Å². The van der Waals surface area contributed by atoms with Crippen LogP contribution in [-0.4, -0.2) is 23.7 Å². The average molecular weight is 260 g/mol. The number of aliphatic hydroxyl groups excluding tert-OH is 1. The van der Waals surface area contributed by atoms with Crippen molar-refractivity contribution in [2.75, 3.05) is 6.61 Å². The molecule has 0 bridgehead atoms. The minimum Gasteiger partial charge on any atom is -0.394 e. The number of amides is 1. The van der Waals surface area contributed by atoms with Crippen LogP contribution in [0.1, 0.15) is 25.3 Å². The first kappa shape index (κ1) is 15.2. The molecule has 0 fully saturated rings. The Hall–Kier alpha value is -1.86. The van der Waals surface area contributed by atoms with Crippen molar-refractivity contribution in [3.63, 3.8) is 0 Å². The van der Waals surface area contributed by atoms with Gasteiger partial charge in [-0.15, -0.1) is 0 Å². The third kappa shape index (κ3) is 5.11. The fourth-order valence-electron chi connectivity index (χ4n) is 1.90. The lowest BCUT2D eigenvalue weighted by Gasteiger charge is -2.18. The van der Waals surface area contributed by atoms with Gasteiger partial charge in [0.25, 0.3) is 0 Å². The number of nitrogens with zero attached hydrogens (tertiary/aromatic N) is 1. The van der Waals surface area contributed by atoms with Crippen molar-refractivity contribution in [2.45, 2.75) is 32.2 Å². The van der Waals surface area contributed by atoms with Crippen LogP contribution in [0.4, 0.5) is 0 Å². The fraction of sp³-hybridized carbons (Fsp3) is 0.467. The third-order valence-corrected chi connectivity index (χ3v) is 2.94. The van der Waals surface area contributed by atoms with Crippen molar-refractivity contribution in [3.8, 4) is 6.07 Å². The van der Waals surface area contributed by atoms with Crippen LogP contribution in [-0.2, 0) is 11.2 Å². The van der Waals surface area contributed by atoms with Gasteiger partial charge in [-0.2, -0.15) is 5.26 Å². The Balaban J connectivity index is 2.57. The molecule has 2 atom stereocenters. The predicted octanol–water partition coefficient (Wildman–Crippen LogP) is 1.65. The molecule has 4 heteroatoms. The number of benzene rings is 1. The molecule has 1 aromatic rings. The fourth-order valence-corrected chi connectivity index (χ4v) is 1.90. The van der Waals surface area contributed by atoms with Crippen LogP contribution in [0.25, 0.3) is 0 Å². The second-order valence-electron chi connectivity index (χ2n) is 4.55. The Morgan fingerprint density at radius 3 is 2.63 bits per heavy atom. The summed E-state index contributed by atoms with van der Waals surface area (Å²) in [6.07, 6.45) is 1.90. The maximum Gasteiger partial charge on any atom is 0.237 e. The van der Waals surface area contributed by atoms with Crippen molar-refractivity contribution in [1.29, 1.82) is 5.26 Å². The molecule has 0 aromatic heterocycles. The van der Waals surface area contributed by atoms with E-state index in [2.05, 4.69) is 5.32 Å². The summed E-state index contributed by atoms with van der Waals surface area (Å²) in [4.78, 5) is 11.9. The Labute approximate surface area is 114 Å². The number of carbonyl (C=O) groups is 1. The number of nitrogens with one attached hydrogen (secondary N) is 1. The second kappa shape index (κ2) is 8.28. The molecule has 1 amide bonds. The maximum atomic E-state index is 11.9. The molecule has 1 unspecified atom stereocenters. The summed E-state index contributed by atoms with van der Waals surface area (Å²) >= 11 is 0. The highest BCUT2D eigenvalue weighted by Gasteiger charge is 2.20. The lowest BCUT2D eigenvalue weighted by molar-refractivity contribution is -0.124. The van der Waals surface area contributed by atoms with E-state index in [9.17, 15) is 9.90 Å². The molecule has 0 saturated heterocycles. The van der Waals surface area contributed by atoms with Crippen molar-refractivity contribution < 1.29 is 9.90 Å². The Kier molecular flexibility index (Phi) is 6.62. The Bertz CT molecular complexity index is 426. The highest BCUT2D eigenvalue weighted by molar-refractivity contribution is 5.81. The second-order valence-corrected chi connectivity index (χ2v) is 4.55. The van der Waals surface area contributed by atoms with Gasteiger partial charge in [0.15, 0.2) is 0 Å². The van der Waals surface area contributed by atoms with E-state index in [1.807, 2.05) is 43.3 Å². The lowest BCUT2D eigenvalue weighted by Crippen LogP contribution is -2.42. The first-order chi connectivity index (χ1) is 9.21. The zero-order valence-electron chi connectivity index (χ0n) is 11.2. The molecule has 1 rings (SSSR count). The lowest BCUT2D eigenvalue weighted by atomic mass is 10.0. The molecule has 0 aliphatic heterocycles. The topological polar surface area (TPSA) is 73.1 Å². The molecule has 0 radical (unpaired) electrons. The number of hydrogen-bond acceptors (Lipinski definition) is 3. The van der Waals surface area contributed by atoms with Gasteiger partial charge in [-0.3, -0.25) is 4.79 Å². The third-order valence-electron chi connectivity index (χ3n) is 2.94. The van der Waals surface area contributed by atoms with Crippen LogP contribution in [0, 0.1) is 17.2 Å². The molecular weight excluding hydrogens is 240 g/mol. The number of hydrogen-bond donors (Lipinski definition) is 2. The first-order valence-electron chi connectivity index (χ1n) is 6.56. The van der Waals surface area contributed by atoms with Gasteiger partial charge in [-0.1, -0.05) is 43.7 Å². The summed E-state index contributed by atoms with van der Waals surface area (Å²) in [7, 11) is 0. The molecule has 0 saturated carbocycles. The number of rotatable bonds is 7. The van der Waals surface area contributed by atoms with Crippen LogP contribution in [0.15, 0.2) is 30.3 Å². The molecule has 1 aromatic carbocycles. The molecule has 2 N–H and O–H groups in total. The van der Waals surface area contributed by atoms with E-state index in [0.717, 1.165) is 12.0 Å². The van der Waals surface area contributed by atoms with E-state index in [1.54, 1.807) is 0 Å². The van der Waals surface area contributed by atoms with Crippen molar-refractivity contribution in [1.82, 2.24) is 5.32 Å². The summed E-state index contributed by atoms with van der Waals surface area (Å²) in [5.41, 5.74) is 1.05. The molecule has 0 spiro atoms. The van der Waals surface area contributed by atoms with E-state index in [4.69, 9.17) is 5.26 Å². The van der Waals surface area contributed by atoms with Gasteiger partial charge in [-0.05, 0) is 18.4 Å². The van der Waals surface area contributed by atoms with Crippen LogP contribution >= 0.6 is 0 Å². The highest BCUT2D eigenvalue weighted by atomic mass is 16.3. The monoisotopic (exact) mass is 260 g/mol. The first-order valence-corrected chi connectivity index (χ1v) is 6.56. The van der Waals surface area contributed by atoms with E-state index in [-0.39, 0.29) is 18.6 Å². The van der Waals surface area contributed by atoms with Crippen LogP contribution in [0.2, 0.25) is 0 Å². The molecular formula is C15H20N2O2. The normalized spacial score (nSPS) is 13.3. The maximum absolute atomic E-state index is 11.9. The highest BCUT2D eigenvalue weighted by Crippen LogP contribution is 2.07. The average Bonchev–Trinajstić information content (AvgIpc) is 2.44. The van der Waals surface area contributed by atoms with Crippen LogP contribution in [0.5, 0.6) is 0 Å². The Morgan fingerprint density at radius 1 is 1.42 bits per heavy atom. The number of carbonyl (C=O) groups excluding carboxylic acids is 1. The van der Waals surface area contributed by atoms with Crippen LogP contribution in [0.3, 0.4) is 0 Å². The molecule has 0 heterocycles. The van der Waals surface area contributed by atoms with E-state index >= 15 is 0 Å². The van der Waals surface area contributed by atoms with Gasteiger partial charge in [0.1, 0.15) is 5.92 Å². The largest absolute Gasteiger partial charge is 0.394 e. The van der Waals surface area contributed by atoms with E-state index in [0.29, 0.717) is 12.8 Å². The Morgan fingerprint density at radius 2 is 2.11 bits per heavy atom. The standard InChI is InChI=1S/C15H20N2O2/c1-2-6-13(10-16)15(19)17-14(11-18)9-12-7-4-3-5-8-12/h3-5,7-8,13-14,18H,2,6,9,11H2,1H3,(H,17,19)/t13?,14-/m0/s1. The quantitative estimate of drug-likeness (QED) is 0.783. The van der Waals surface area contributed by atoms with Crippen molar-refractivity contribution in [3.05, 3.63) is 35.9 Å². The summed E-state index contributed by atoms with van der Waals surface area (Å²) in [5, 5.41) is 21.0. The van der Waals surface area contributed by atoms with Gasteiger partial charge in [-0.25, -0.2) is 0 Å². The van der Waals surface area contributed by atoms with Gasteiger partial charge < -0.3 is 10.4 Å². The minimum absolute atomic E-state index is 0.134. The zero-order chi connectivity index (χ0) is 14.1. The van der Waals surface area contributed by atoms with Gasteiger partial charge in [0.05, 0.1) is 18.7 Å². The smallest absolute Gasteiger partial charge is 0.237 e. The summed E-state index contributed by atoms with van der Waals surface area (Å²) in [6.45, 7) is 1.80. The molecule has 102 valence electrons. The van der Waals surface area contributed by atoms with Crippen LogP contribution < -0.4 is 5.32 Å². The van der Waals surface area contributed by atoms with E-state index < -0.39 is 5.92 Å². The summed E-state index contributed by atoms with van der Waals surface area (Å²) in [5.74, 6) is -0.922. The SMILES string of the molecule is CCCC(C#N)C(=O)N[C@H](CO)Cc1ccccc1. The molecule has 19 heavy (non-hydrogen) atoms. The summed E-state index contributed by atoms with van der Waals surface area (Å²) < 4.78 is 0. The van der Waals surface area contributed by atoms with E-state index in [1.165, 1.54) is 0 Å².